The van der Waals surface area contributed by atoms with Gasteiger partial charge in [-0.05, 0) is 31.5 Å². The van der Waals surface area contributed by atoms with Crippen LogP contribution in [0.4, 0.5) is 5.69 Å². The predicted octanol–water partition coefficient (Wildman–Crippen LogP) is 1.07. The fraction of sp³-hybridized carbons (Fsp3) is 0.609. The first kappa shape index (κ1) is 22.4. The van der Waals surface area contributed by atoms with Gasteiger partial charge in [-0.15, -0.1) is 0 Å². The zero-order chi connectivity index (χ0) is 22.8. The number of nitrogens with one attached hydrogen (secondary N) is 1. The van der Waals surface area contributed by atoms with Crippen LogP contribution in [-0.4, -0.2) is 80.1 Å². The second kappa shape index (κ2) is 9.36. The molecule has 2 saturated heterocycles. The van der Waals surface area contributed by atoms with Crippen LogP contribution in [0.15, 0.2) is 18.2 Å². The van der Waals surface area contributed by atoms with Crippen LogP contribution in [0.1, 0.15) is 26.7 Å². The fourth-order valence-electron chi connectivity index (χ4n) is 4.42. The molecule has 1 aromatic rings. The number of benzene rings is 1. The number of piperazine rings is 1. The van der Waals surface area contributed by atoms with E-state index >= 15 is 0 Å². The van der Waals surface area contributed by atoms with E-state index in [1.54, 1.807) is 23.1 Å². The Morgan fingerprint density at radius 2 is 1.84 bits per heavy atom. The second-order valence-corrected chi connectivity index (χ2v) is 9.26. The summed E-state index contributed by atoms with van der Waals surface area (Å²) in [5, 5.41) is 2.97. The van der Waals surface area contributed by atoms with Gasteiger partial charge in [-0.25, -0.2) is 0 Å². The van der Waals surface area contributed by atoms with E-state index in [2.05, 4.69) is 10.2 Å². The molecular formula is C23H32N4O5. The van der Waals surface area contributed by atoms with Gasteiger partial charge < -0.3 is 29.5 Å². The third kappa shape index (κ3) is 4.82. The summed E-state index contributed by atoms with van der Waals surface area (Å²) >= 11 is 0. The lowest BCUT2D eigenvalue weighted by Crippen LogP contribution is -2.55. The lowest BCUT2D eigenvalue weighted by Gasteiger charge is -2.35. The molecule has 0 aliphatic carbocycles. The molecule has 2 fully saturated rings. The maximum atomic E-state index is 13.1. The highest BCUT2D eigenvalue weighted by Gasteiger charge is 2.38. The third-order valence-corrected chi connectivity index (χ3v) is 6.30. The van der Waals surface area contributed by atoms with Crippen molar-refractivity contribution in [3.63, 3.8) is 0 Å². The summed E-state index contributed by atoms with van der Waals surface area (Å²) < 4.78 is 10.7. The van der Waals surface area contributed by atoms with Crippen LogP contribution in [0, 0.1) is 11.8 Å². The number of hydrogen-bond donors (Lipinski definition) is 1. The van der Waals surface area contributed by atoms with Crippen molar-refractivity contribution >= 4 is 23.4 Å². The van der Waals surface area contributed by atoms with Gasteiger partial charge in [0.15, 0.2) is 11.5 Å². The van der Waals surface area contributed by atoms with Gasteiger partial charge in [0.1, 0.15) is 6.04 Å². The van der Waals surface area contributed by atoms with Crippen LogP contribution in [-0.2, 0) is 14.4 Å². The summed E-state index contributed by atoms with van der Waals surface area (Å²) in [4.78, 5) is 44.5. The molecule has 0 radical (unpaired) electrons. The number of amides is 3. The highest BCUT2D eigenvalue weighted by molar-refractivity contribution is 6.01. The number of anilines is 1. The molecule has 3 amide bonds. The summed E-state index contributed by atoms with van der Waals surface area (Å²) in [7, 11) is 2.04. The highest BCUT2D eigenvalue weighted by Crippen LogP contribution is 2.37. The molecular weight excluding hydrogens is 412 g/mol. The Bertz CT molecular complexity index is 881. The Hall–Kier alpha value is -2.81. The molecule has 9 heteroatoms. The maximum absolute atomic E-state index is 13.1. The smallest absolute Gasteiger partial charge is 0.245 e. The van der Waals surface area contributed by atoms with Gasteiger partial charge in [-0.3, -0.25) is 14.4 Å². The minimum Gasteiger partial charge on any atom is -0.454 e. The van der Waals surface area contributed by atoms with Crippen LogP contribution in [0.5, 0.6) is 11.5 Å². The minimum absolute atomic E-state index is 0.0305. The number of nitrogens with zero attached hydrogens (tertiary/aromatic N) is 3. The zero-order valence-corrected chi connectivity index (χ0v) is 19.0. The Morgan fingerprint density at radius 3 is 2.56 bits per heavy atom. The number of rotatable bonds is 6. The van der Waals surface area contributed by atoms with E-state index in [-0.39, 0.29) is 43.4 Å². The summed E-state index contributed by atoms with van der Waals surface area (Å²) in [6.07, 6.45) is 0.695. The molecule has 1 aromatic carbocycles. The van der Waals surface area contributed by atoms with Crippen molar-refractivity contribution in [3.8, 4) is 11.5 Å². The van der Waals surface area contributed by atoms with Crippen LogP contribution in [0.25, 0.3) is 0 Å². The molecule has 3 heterocycles. The minimum atomic E-state index is -0.569. The van der Waals surface area contributed by atoms with Gasteiger partial charge in [-0.1, -0.05) is 13.8 Å². The molecule has 3 aliphatic rings. The first-order valence-corrected chi connectivity index (χ1v) is 11.3. The molecule has 32 heavy (non-hydrogen) atoms. The average molecular weight is 445 g/mol. The van der Waals surface area contributed by atoms with Gasteiger partial charge in [0.2, 0.25) is 24.5 Å². The topological polar surface area (TPSA) is 91.4 Å². The number of likely N-dealkylation sites (N-methyl/N-ethyl adjacent to an activating group) is 1. The van der Waals surface area contributed by atoms with Gasteiger partial charge >= 0.3 is 0 Å². The van der Waals surface area contributed by atoms with Crippen LogP contribution >= 0.6 is 0 Å². The lowest BCUT2D eigenvalue weighted by atomic mass is 10.0. The summed E-state index contributed by atoms with van der Waals surface area (Å²) in [5.74, 6) is 0.614. The molecule has 174 valence electrons. The van der Waals surface area contributed by atoms with Gasteiger partial charge in [0.05, 0.1) is 5.92 Å². The predicted molar refractivity (Wildman–Crippen MR) is 118 cm³/mol. The molecule has 0 spiro atoms. The largest absolute Gasteiger partial charge is 0.454 e. The van der Waals surface area contributed by atoms with Crippen LogP contribution < -0.4 is 19.7 Å². The van der Waals surface area contributed by atoms with E-state index in [1.807, 2.05) is 25.8 Å². The summed E-state index contributed by atoms with van der Waals surface area (Å²) in [6, 6.07) is 4.76. The van der Waals surface area contributed by atoms with Crippen molar-refractivity contribution in [3.05, 3.63) is 18.2 Å². The molecule has 2 unspecified atom stereocenters. The molecule has 2 atom stereocenters. The molecule has 4 rings (SSSR count). The van der Waals surface area contributed by atoms with E-state index < -0.39 is 12.0 Å². The standard InChI is InChI=1S/C23H32N4O5/c1-15(2)10-18(23(30)26-8-6-25(3)7-9-26)24-22(29)16-11-21(28)27(13-16)17-4-5-19-20(12-17)32-14-31-19/h4-5,12,15-16,18H,6-11,13-14H2,1-3H3,(H,24,29). The van der Waals surface area contributed by atoms with E-state index in [9.17, 15) is 14.4 Å². The number of ether oxygens (including phenoxy) is 2. The van der Waals surface area contributed by atoms with Crippen LogP contribution in [0.3, 0.4) is 0 Å². The van der Waals surface area contributed by atoms with E-state index in [0.717, 1.165) is 13.1 Å². The Kier molecular flexibility index (Phi) is 6.55. The normalized spacial score (nSPS) is 21.9. The lowest BCUT2D eigenvalue weighted by molar-refractivity contribution is -0.139. The Labute approximate surface area is 188 Å². The van der Waals surface area contributed by atoms with Crippen molar-refractivity contribution in [2.75, 3.05) is 51.5 Å². The first-order chi connectivity index (χ1) is 15.3. The highest BCUT2D eigenvalue weighted by atomic mass is 16.7. The SMILES string of the molecule is CC(C)CC(NC(=O)C1CC(=O)N(c2ccc3c(c2)OCO3)C1)C(=O)N1CCN(C)CC1. The third-order valence-electron chi connectivity index (χ3n) is 6.30. The maximum Gasteiger partial charge on any atom is 0.245 e. The van der Waals surface area contributed by atoms with Crippen molar-refractivity contribution in [1.82, 2.24) is 15.1 Å². The molecule has 0 aromatic heterocycles. The fourth-order valence-corrected chi connectivity index (χ4v) is 4.42. The van der Waals surface area contributed by atoms with Gasteiger partial charge in [0.25, 0.3) is 0 Å². The quantitative estimate of drug-likeness (QED) is 0.706. The molecule has 3 aliphatic heterocycles. The van der Waals surface area contributed by atoms with Crippen molar-refractivity contribution in [1.29, 1.82) is 0 Å². The van der Waals surface area contributed by atoms with Crippen LogP contribution in [0.2, 0.25) is 0 Å². The van der Waals surface area contributed by atoms with Gasteiger partial charge in [0, 0.05) is 50.9 Å². The van der Waals surface area contributed by atoms with E-state index in [1.165, 1.54) is 0 Å². The number of fused-ring (bicyclic) bond motifs is 1. The number of hydrogen-bond acceptors (Lipinski definition) is 6. The number of carbonyl (C=O) groups is 3. The van der Waals surface area contributed by atoms with Crippen molar-refractivity contribution in [2.45, 2.75) is 32.7 Å². The van der Waals surface area contributed by atoms with Crippen molar-refractivity contribution < 1.29 is 23.9 Å². The first-order valence-electron chi connectivity index (χ1n) is 11.3. The molecule has 1 N–H and O–H groups in total. The Morgan fingerprint density at radius 1 is 1.12 bits per heavy atom. The van der Waals surface area contributed by atoms with Gasteiger partial charge in [-0.2, -0.15) is 0 Å². The second-order valence-electron chi connectivity index (χ2n) is 9.26. The molecule has 0 saturated carbocycles. The molecule has 9 nitrogen and oxygen atoms in total. The number of carbonyl (C=O) groups excluding carboxylic acids is 3. The Balaban J connectivity index is 1.41. The average Bonchev–Trinajstić information content (AvgIpc) is 3.38. The summed E-state index contributed by atoms with van der Waals surface area (Å²) in [5.41, 5.74) is 0.682. The molecule has 0 bridgehead atoms. The van der Waals surface area contributed by atoms with Crippen molar-refractivity contribution in [2.24, 2.45) is 11.8 Å². The van der Waals surface area contributed by atoms with E-state index in [0.29, 0.717) is 36.7 Å². The monoisotopic (exact) mass is 444 g/mol. The summed E-state index contributed by atoms with van der Waals surface area (Å²) in [6.45, 7) is 7.51. The zero-order valence-electron chi connectivity index (χ0n) is 19.0. The van der Waals surface area contributed by atoms with E-state index in [4.69, 9.17) is 9.47 Å².